The summed E-state index contributed by atoms with van der Waals surface area (Å²) in [5.41, 5.74) is 5.44. The monoisotopic (exact) mass is 305 g/mol. The molecule has 0 unspecified atom stereocenters. The minimum atomic E-state index is -3.68. The zero-order valence-electron chi connectivity index (χ0n) is 10.1. The Hall–Kier alpha value is -1.19. The van der Waals surface area contributed by atoms with Crippen molar-refractivity contribution in [3.8, 4) is 0 Å². The summed E-state index contributed by atoms with van der Waals surface area (Å²) in [6.07, 6.45) is 1.90. The molecule has 0 saturated carbocycles. The molecule has 0 bridgehead atoms. The van der Waals surface area contributed by atoms with Gasteiger partial charge in [-0.25, -0.2) is 26.5 Å². The van der Waals surface area contributed by atoms with Gasteiger partial charge in [-0.3, -0.25) is 0 Å². The average molecular weight is 305 g/mol. The molecule has 106 valence electrons. The van der Waals surface area contributed by atoms with Crippen LogP contribution in [0.3, 0.4) is 0 Å². The van der Waals surface area contributed by atoms with Crippen LogP contribution in [0.5, 0.6) is 0 Å². The van der Waals surface area contributed by atoms with E-state index in [0.29, 0.717) is 12.8 Å². The molecular formula is C10H15N3O4S2. The summed E-state index contributed by atoms with van der Waals surface area (Å²) in [4.78, 5) is 3.76. The van der Waals surface area contributed by atoms with Gasteiger partial charge >= 0.3 is 0 Å². The van der Waals surface area contributed by atoms with Crippen LogP contribution in [-0.4, -0.2) is 39.4 Å². The number of aromatic nitrogens is 1. The Morgan fingerprint density at radius 1 is 1.32 bits per heavy atom. The van der Waals surface area contributed by atoms with Crippen molar-refractivity contribution in [1.29, 1.82) is 0 Å². The number of nitrogen functional groups attached to an aromatic ring is 1. The number of nitrogens with two attached hydrogens (primary N) is 1. The maximum absolute atomic E-state index is 12.1. The van der Waals surface area contributed by atoms with Gasteiger partial charge in [-0.05, 0) is 18.9 Å². The molecule has 0 aromatic carbocycles. The SMILES string of the molecule is Nc1cc(S(=O)(=O)NC2CCS(=O)(=O)CC2)ccn1. The van der Waals surface area contributed by atoms with Crippen LogP contribution in [0.1, 0.15) is 12.8 Å². The lowest BCUT2D eigenvalue weighted by molar-refractivity contribution is 0.505. The molecule has 1 aliphatic heterocycles. The minimum Gasteiger partial charge on any atom is -0.384 e. The van der Waals surface area contributed by atoms with Crippen molar-refractivity contribution in [2.45, 2.75) is 23.8 Å². The zero-order valence-corrected chi connectivity index (χ0v) is 11.7. The molecule has 1 saturated heterocycles. The van der Waals surface area contributed by atoms with Gasteiger partial charge in [-0.1, -0.05) is 0 Å². The number of hydrogen-bond acceptors (Lipinski definition) is 6. The van der Waals surface area contributed by atoms with Crippen LogP contribution < -0.4 is 10.5 Å². The highest BCUT2D eigenvalue weighted by Crippen LogP contribution is 2.16. The first-order valence-electron chi connectivity index (χ1n) is 5.73. The number of nitrogens with zero attached hydrogens (tertiary/aromatic N) is 1. The molecule has 3 N–H and O–H groups in total. The second-order valence-corrected chi connectivity index (χ2v) is 8.48. The van der Waals surface area contributed by atoms with Crippen molar-refractivity contribution >= 4 is 25.7 Å². The van der Waals surface area contributed by atoms with Crippen molar-refractivity contribution in [1.82, 2.24) is 9.71 Å². The molecular weight excluding hydrogens is 290 g/mol. The Balaban J connectivity index is 2.11. The van der Waals surface area contributed by atoms with Crippen molar-refractivity contribution in [2.24, 2.45) is 0 Å². The van der Waals surface area contributed by atoms with Gasteiger partial charge in [-0.15, -0.1) is 0 Å². The summed E-state index contributed by atoms with van der Waals surface area (Å²) >= 11 is 0. The maximum Gasteiger partial charge on any atom is 0.241 e. The fraction of sp³-hybridized carbons (Fsp3) is 0.500. The van der Waals surface area contributed by atoms with Gasteiger partial charge in [0.2, 0.25) is 10.0 Å². The highest BCUT2D eigenvalue weighted by atomic mass is 32.2. The Labute approximate surface area is 112 Å². The molecule has 1 aliphatic rings. The van der Waals surface area contributed by atoms with E-state index in [0.717, 1.165) is 0 Å². The van der Waals surface area contributed by atoms with Crippen molar-refractivity contribution in [3.05, 3.63) is 18.3 Å². The quantitative estimate of drug-likeness (QED) is 0.778. The molecule has 0 atom stereocenters. The third-order valence-corrected chi connectivity index (χ3v) is 6.17. The number of sulfone groups is 1. The smallest absolute Gasteiger partial charge is 0.241 e. The molecule has 1 aromatic rings. The predicted octanol–water partition coefficient (Wildman–Crippen LogP) is -0.481. The highest BCUT2D eigenvalue weighted by Gasteiger charge is 2.27. The summed E-state index contributed by atoms with van der Waals surface area (Å²) in [6.45, 7) is 0. The number of hydrogen-bond donors (Lipinski definition) is 2. The molecule has 7 nitrogen and oxygen atoms in total. The van der Waals surface area contributed by atoms with Crippen LogP contribution in [0, 0.1) is 0 Å². The second-order valence-electron chi connectivity index (χ2n) is 4.46. The number of nitrogens with one attached hydrogen (secondary N) is 1. The predicted molar refractivity (Wildman–Crippen MR) is 70.6 cm³/mol. The van der Waals surface area contributed by atoms with Crippen LogP contribution >= 0.6 is 0 Å². The molecule has 1 aromatic heterocycles. The molecule has 9 heteroatoms. The molecule has 0 amide bonds. The van der Waals surface area contributed by atoms with Crippen LogP contribution in [0.4, 0.5) is 5.82 Å². The van der Waals surface area contributed by atoms with Gasteiger partial charge in [0.15, 0.2) is 0 Å². The van der Waals surface area contributed by atoms with E-state index in [1.54, 1.807) is 0 Å². The first-order valence-corrected chi connectivity index (χ1v) is 9.03. The molecule has 0 spiro atoms. The standard InChI is InChI=1S/C10H15N3O4S2/c11-10-7-9(1-4-12-10)19(16,17)13-8-2-5-18(14,15)6-3-8/h1,4,7-8,13H,2-3,5-6H2,(H2,11,12). The van der Waals surface area contributed by atoms with Gasteiger partial charge in [-0.2, -0.15) is 0 Å². The molecule has 1 fully saturated rings. The molecule has 0 radical (unpaired) electrons. The van der Waals surface area contributed by atoms with E-state index < -0.39 is 19.9 Å². The van der Waals surface area contributed by atoms with Gasteiger partial charge < -0.3 is 5.73 Å². The van der Waals surface area contributed by atoms with E-state index in [1.165, 1.54) is 18.3 Å². The lowest BCUT2D eigenvalue weighted by Gasteiger charge is -2.22. The first-order chi connectivity index (χ1) is 8.78. The fourth-order valence-electron chi connectivity index (χ4n) is 1.89. The maximum atomic E-state index is 12.1. The van der Waals surface area contributed by atoms with E-state index in [4.69, 9.17) is 5.73 Å². The van der Waals surface area contributed by atoms with Crippen LogP contribution in [0.25, 0.3) is 0 Å². The number of anilines is 1. The van der Waals surface area contributed by atoms with Crippen LogP contribution in [0.15, 0.2) is 23.2 Å². The fourth-order valence-corrected chi connectivity index (χ4v) is 4.71. The highest BCUT2D eigenvalue weighted by molar-refractivity contribution is 7.91. The first kappa shape index (κ1) is 14.2. The Morgan fingerprint density at radius 2 is 1.95 bits per heavy atom. The third-order valence-electron chi connectivity index (χ3n) is 2.94. The topological polar surface area (TPSA) is 119 Å². The molecule has 0 aliphatic carbocycles. The summed E-state index contributed by atoms with van der Waals surface area (Å²) in [6, 6.07) is 2.25. The molecule has 19 heavy (non-hydrogen) atoms. The number of sulfonamides is 1. The normalized spacial score (nSPS) is 20.2. The van der Waals surface area contributed by atoms with Crippen molar-refractivity contribution < 1.29 is 16.8 Å². The van der Waals surface area contributed by atoms with E-state index in [9.17, 15) is 16.8 Å². The summed E-state index contributed by atoms with van der Waals surface area (Å²) < 4.78 is 49.2. The molecule has 2 heterocycles. The number of rotatable bonds is 3. The van der Waals surface area contributed by atoms with E-state index in [-0.39, 0.29) is 28.3 Å². The minimum absolute atomic E-state index is 0.0126. The van der Waals surface area contributed by atoms with Crippen molar-refractivity contribution in [3.63, 3.8) is 0 Å². The third kappa shape index (κ3) is 3.64. The second kappa shape index (κ2) is 5.06. The van der Waals surface area contributed by atoms with E-state index in [2.05, 4.69) is 9.71 Å². The lowest BCUT2D eigenvalue weighted by atomic mass is 10.2. The van der Waals surface area contributed by atoms with Gasteiger partial charge in [0, 0.05) is 18.3 Å². The van der Waals surface area contributed by atoms with E-state index >= 15 is 0 Å². The number of pyridine rings is 1. The van der Waals surface area contributed by atoms with Gasteiger partial charge in [0.05, 0.1) is 16.4 Å². The Kier molecular flexibility index (Phi) is 3.79. The van der Waals surface area contributed by atoms with Gasteiger partial charge in [0.1, 0.15) is 15.7 Å². The molecule has 2 rings (SSSR count). The van der Waals surface area contributed by atoms with Crippen molar-refractivity contribution in [2.75, 3.05) is 17.2 Å². The summed E-state index contributed by atoms with van der Waals surface area (Å²) in [7, 11) is -6.69. The summed E-state index contributed by atoms with van der Waals surface area (Å²) in [5, 5.41) is 0. The Morgan fingerprint density at radius 3 is 2.53 bits per heavy atom. The van der Waals surface area contributed by atoms with Crippen LogP contribution in [-0.2, 0) is 19.9 Å². The Bertz CT molecular complexity index is 656. The average Bonchev–Trinajstić information content (AvgIpc) is 2.32. The van der Waals surface area contributed by atoms with Crippen LogP contribution in [0.2, 0.25) is 0 Å². The summed E-state index contributed by atoms with van der Waals surface area (Å²) in [5.74, 6) is 0.145. The van der Waals surface area contributed by atoms with Gasteiger partial charge in [0.25, 0.3) is 0 Å². The zero-order chi connectivity index (χ0) is 14.1. The van der Waals surface area contributed by atoms with E-state index in [1.807, 2.05) is 0 Å². The lowest BCUT2D eigenvalue weighted by Crippen LogP contribution is -2.40. The largest absolute Gasteiger partial charge is 0.384 e.